The van der Waals surface area contributed by atoms with Crippen LogP contribution >= 0.6 is 0 Å². The van der Waals surface area contributed by atoms with E-state index in [0.29, 0.717) is 5.75 Å². The van der Waals surface area contributed by atoms with Crippen molar-refractivity contribution in [1.29, 1.82) is 0 Å². The van der Waals surface area contributed by atoms with E-state index in [4.69, 9.17) is 56.8 Å². The van der Waals surface area contributed by atoms with Crippen molar-refractivity contribution in [2.24, 2.45) is 0 Å². The minimum Gasteiger partial charge on any atom is -0.497 e. The molecule has 12 rings (SSSR count). The number of carbonyl (C=O) groups is 2. The number of ether oxygens (including phenoxy) is 12. The van der Waals surface area contributed by atoms with Crippen molar-refractivity contribution in [2.75, 3.05) is 13.7 Å². The fourth-order valence-corrected chi connectivity index (χ4v) is 11.4. The van der Waals surface area contributed by atoms with Crippen molar-refractivity contribution in [3.8, 4) is 51.4 Å². The third-order valence-corrected chi connectivity index (χ3v) is 16.5. The SMILES string of the molecule is C=CC(OCc1ccccc1)C1OC(=O)c2cc(OCc3ccccc3)c(OCc3ccccc3)c(OCc3ccccc3)c2-c2c(cc(OCc3ccccc3)c(OCc3ccccc3)c2OCc2ccccc2)C(=O)OCC(OCc2ccc(OC)cc2)C1OCc1ccccc1. The number of carbonyl (C=O) groups excluding carboxylic acids is 2. The summed E-state index contributed by atoms with van der Waals surface area (Å²) in [7, 11) is 1.60. The molecule has 0 aromatic heterocycles. The molecule has 1 aliphatic rings. The third-order valence-electron chi connectivity index (χ3n) is 16.5. The lowest BCUT2D eigenvalue weighted by Gasteiger charge is -2.37. The van der Waals surface area contributed by atoms with E-state index in [9.17, 15) is 0 Å². The minimum absolute atomic E-state index is 0.00236. The van der Waals surface area contributed by atoms with Crippen molar-refractivity contribution < 1.29 is 66.4 Å². The predicted molar refractivity (Wildman–Crippen MR) is 378 cm³/mol. The number of fused-ring (bicyclic) bond motifs is 3. The summed E-state index contributed by atoms with van der Waals surface area (Å²) in [6, 6.07) is 87.3. The van der Waals surface area contributed by atoms with E-state index in [0.717, 1.165) is 50.1 Å². The quantitative estimate of drug-likeness (QED) is 0.0311. The van der Waals surface area contributed by atoms with Gasteiger partial charge in [0.25, 0.3) is 0 Å². The normalized spacial score (nSPS) is 14.7. The summed E-state index contributed by atoms with van der Waals surface area (Å²) in [6.07, 6.45) is -3.46. The van der Waals surface area contributed by atoms with Crippen LogP contribution in [0.4, 0.5) is 0 Å². The number of esters is 2. The summed E-state index contributed by atoms with van der Waals surface area (Å²) in [4.78, 5) is 33.6. The molecule has 0 amide bonds. The monoisotopic (exact) mass is 1320 g/mol. The summed E-state index contributed by atoms with van der Waals surface area (Å²) in [5.41, 5.74) is 6.85. The van der Waals surface area contributed by atoms with Crippen LogP contribution in [-0.4, -0.2) is 50.1 Å². The number of benzene rings is 11. The highest BCUT2D eigenvalue weighted by Gasteiger charge is 2.44. The summed E-state index contributed by atoms with van der Waals surface area (Å²) in [5.74, 6) is -0.836. The Bertz CT molecular complexity index is 4340. The van der Waals surface area contributed by atoms with Crippen molar-refractivity contribution in [1.82, 2.24) is 0 Å². The first-order valence-corrected chi connectivity index (χ1v) is 32.8. The van der Waals surface area contributed by atoms with Gasteiger partial charge in [0.1, 0.15) is 70.3 Å². The molecule has 99 heavy (non-hydrogen) atoms. The fourth-order valence-electron chi connectivity index (χ4n) is 11.4. The molecule has 0 saturated carbocycles. The molecule has 4 atom stereocenters. The van der Waals surface area contributed by atoms with Gasteiger partial charge >= 0.3 is 11.9 Å². The average molecular weight is 1320 g/mol. The van der Waals surface area contributed by atoms with E-state index < -0.39 is 43.0 Å². The van der Waals surface area contributed by atoms with E-state index in [1.807, 2.05) is 267 Å². The van der Waals surface area contributed by atoms with Gasteiger partial charge in [-0.1, -0.05) is 261 Å². The van der Waals surface area contributed by atoms with Gasteiger partial charge in [0.05, 0.1) is 38.1 Å². The Kier molecular flexibility index (Phi) is 23.5. The first-order chi connectivity index (χ1) is 48.8. The maximum absolute atomic E-state index is 17.1. The molecule has 0 spiro atoms. The van der Waals surface area contributed by atoms with Crippen LogP contribution in [0.2, 0.25) is 0 Å². The van der Waals surface area contributed by atoms with Gasteiger partial charge in [-0.2, -0.15) is 0 Å². The van der Waals surface area contributed by atoms with Gasteiger partial charge in [0.15, 0.2) is 29.1 Å². The summed E-state index contributed by atoms with van der Waals surface area (Å²) < 4.78 is 83.2. The number of cyclic esters (lactones) is 2. The van der Waals surface area contributed by atoms with Crippen LogP contribution in [0.3, 0.4) is 0 Å². The van der Waals surface area contributed by atoms with E-state index in [1.54, 1.807) is 25.3 Å². The van der Waals surface area contributed by atoms with Crippen molar-refractivity contribution >= 4 is 11.9 Å². The van der Waals surface area contributed by atoms with Gasteiger partial charge < -0.3 is 56.8 Å². The fraction of sp³-hybridized carbons (Fsp3) is 0.176. The molecular formula is C85H76O14. The van der Waals surface area contributed by atoms with Gasteiger partial charge in [0.2, 0.25) is 11.5 Å². The largest absolute Gasteiger partial charge is 0.497 e. The van der Waals surface area contributed by atoms with Gasteiger partial charge in [-0.3, -0.25) is 0 Å². The van der Waals surface area contributed by atoms with Crippen LogP contribution in [0.25, 0.3) is 11.1 Å². The molecule has 0 fully saturated rings. The van der Waals surface area contributed by atoms with Crippen LogP contribution in [0, 0.1) is 0 Å². The number of hydrogen-bond donors (Lipinski definition) is 0. The van der Waals surface area contributed by atoms with Crippen LogP contribution in [0.1, 0.15) is 70.8 Å². The van der Waals surface area contributed by atoms with Gasteiger partial charge in [-0.15, -0.1) is 6.58 Å². The van der Waals surface area contributed by atoms with Gasteiger partial charge in [-0.25, -0.2) is 9.59 Å². The predicted octanol–water partition coefficient (Wildman–Crippen LogP) is 17.5. The molecule has 11 aromatic rings. The molecule has 1 heterocycles. The molecule has 0 bridgehead atoms. The van der Waals surface area contributed by atoms with Crippen molar-refractivity contribution in [3.05, 3.63) is 353 Å². The van der Waals surface area contributed by atoms with E-state index in [1.165, 1.54) is 0 Å². The van der Waals surface area contributed by atoms with E-state index in [2.05, 4.69) is 6.58 Å². The molecule has 11 aromatic carbocycles. The lowest BCUT2D eigenvalue weighted by molar-refractivity contribution is -0.171. The van der Waals surface area contributed by atoms with Crippen LogP contribution in [-0.2, 0) is 83.1 Å². The second-order valence-electron chi connectivity index (χ2n) is 23.5. The summed E-state index contributed by atoms with van der Waals surface area (Å²) in [5, 5.41) is 0. The molecule has 4 unspecified atom stereocenters. The Morgan fingerprint density at radius 1 is 0.384 bits per heavy atom. The Balaban J connectivity index is 1.16. The molecule has 14 nitrogen and oxygen atoms in total. The zero-order valence-corrected chi connectivity index (χ0v) is 54.9. The third kappa shape index (κ3) is 18.2. The molecule has 500 valence electrons. The standard InChI is InChI=1S/C85H76O14/c1-3-72(89-50-60-28-12-4-13-29-60)81-80(95-56-65-38-22-9-23-39-65)75(92-53-68-44-46-69(88-2)47-45-68)59-98-84(86)70-48-73(90-51-61-30-14-5-15-31-61)78(93-54-63-34-18-7-19-35-63)82(96-57-66-40-24-10-25-41-66)76(70)77-71(85(87)99-81)49-74(91-52-62-32-16-6-17-33-62)79(94-55-64-36-20-8-21-37-64)83(77)97-58-67-42-26-11-27-43-67/h3-49,72,75,80-81H,1,50-59H2,2H3. The van der Waals surface area contributed by atoms with E-state index >= 15 is 9.59 Å². The maximum atomic E-state index is 17.1. The highest BCUT2D eigenvalue weighted by atomic mass is 16.6. The second-order valence-corrected chi connectivity index (χ2v) is 23.5. The van der Waals surface area contributed by atoms with Crippen LogP contribution < -0.4 is 33.2 Å². The molecule has 14 heteroatoms. The zero-order valence-electron chi connectivity index (χ0n) is 54.9. The molecule has 0 radical (unpaired) electrons. The Morgan fingerprint density at radius 3 is 1.08 bits per heavy atom. The van der Waals surface area contributed by atoms with Gasteiger partial charge in [0, 0.05) is 11.1 Å². The Morgan fingerprint density at radius 2 is 0.707 bits per heavy atom. The lowest BCUT2D eigenvalue weighted by atomic mass is 9.91. The van der Waals surface area contributed by atoms with Crippen molar-refractivity contribution in [3.63, 3.8) is 0 Å². The zero-order chi connectivity index (χ0) is 67.8. The summed E-state index contributed by atoms with van der Waals surface area (Å²) in [6.45, 7) is 3.75. The highest BCUT2D eigenvalue weighted by molar-refractivity contribution is 6.08. The highest BCUT2D eigenvalue weighted by Crippen LogP contribution is 2.56. The number of methoxy groups -OCH3 is 1. The minimum atomic E-state index is -1.42. The Hall–Kier alpha value is -11.4. The molecule has 0 saturated heterocycles. The first-order valence-electron chi connectivity index (χ1n) is 32.8. The molecular weight excluding hydrogens is 1240 g/mol. The maximum Gasteiger partial charge on any atom is 0.339 e. The molecule has 1 aliphatic heterocycles. The Labute approximate surface area is 577 Å². The smallest absolute Gasteiger partial charge is 0.339 e. The molecule has 0 aliphatic carbocycles. The van der Waals surface area contributed by atoms with Crippen molar-refractivity contribution in [2.45, 2.75) is 83.9 Å². The molecule has 0 N–H and O–H groups in total. The average Bonchev–Trinajstić information content (AvgIpc) is 0.735. The van der Waals surface area contributed by atoms with Crippen LogP contribution in [0.5, 0.6) is 40.2 Å². The lowest BCUT2D eigenvalue weighted by Crippen LogP contribution is -2.51. The van der Waals surface area contributed by atoms with E-state index in [-0.39, 0.29) is 116 Å². The number of hydrogen-bond acceptors (Lipinski definition) is 14. The summed E-state index contributed by atoms with van der Waals surface area (Å²) >= 11 is 0. The first kappa shape index (κ1) is 67.6. The number of rotatable bonds is 30. The second kappa shape index (κ2) is 34.5. The topological polar surface area (TPSA) is 145 Å². The van der Waals surface area contributed by atoms with Crippen LogP contribution in [0.15, 0.2) is 292 Å². The van der Waals surface area contributed by atoms with Gasteiger partial charge in [-0.05, 0) is 74.3 Å².